The van der Waals surface area contributed by atoms with Crippen LogP contribution in [0.5, 0.6) is 5.75 Å². The minimum atomic E-state index is 0.720. The van der Waals surface area contributed by atoms with Gasteiger partial charge in [-0.25, -0.2) is 0 Å². The third-order valence-electron chi connectivity index (χ3n) is 3.62. The number of rotatable bonds is 5. The topological polar surface area (TPSA) is 21.3 Å². The molecule has 2 nitrogen and oxygen atoms in total. The Bertz CT molecular complexity index is 331. The molecule has 0 radical (unpaired) electrons. The molecule has 2 heteroatoms. The molecule has 0 aliphatic heterocycles. The smallest absolute Gasteiger partial charge is 0.122 e. The van der Waals surface area contributed by atoms with Gasteiger partial charge in [0.05, 0.1) is 7.11 Å². The lowest BCUT2D eigenvalue weighted by molar-refractivity contribution is 0.242. The summed E-state index contributed by atoms with van der Waals surface area (Å²) in [4.78, 5) is 0. The Labute approximate surface area is 98.0 Å². The van der Waals surface area contributed by atoms with Crippen LogP contribution in [0.25, 0.3) is 0 Å². The summed E-state index contributed by atoms with van der Waals surface area (Å²) in [6.07, 6.45) is 3.95. The van der Waals surface area contributed by atoms with Crippen molar-refractivity contribution >= 4 is 0 Å². The SMILES string of the molecule is CNCCC1CC(c2ccccc2OC)C1. The van der Waals surface area contributed by atoms with Gasteiger partial charge in [-0.15, -0.1) is 0 Å². The zero-order valence-electron chi connectivity index (χ0n) is 10.2. The predicted molar refractivity (Wildman–Crippen MR) is 67.0 cm³/mol. The van der Waals surface area contributed by atoms with Crippen LogP contribution in [0.1, 0.15) is 30.7 Å². The third-order valence-corrected chi connectivity index (χ3v) is 3.62. The molecule has 0 amide bonds. The second kappa shape index (κ2) is 5.35. The number of para-hydroxylation sites is 1. The molecule has 1 aromatic rings. The van der Waals surface area contributed by atoms with Crippen LogP contribution in [-0.4, -0.2) is 20.7 Å². The Kier molecular flexibility index (Phi) is 3.83. The highest BCUT2D eigenvalue weighted by Gasteiger charge is 2.31. The molecule has 1 fully saturated rings. The van der Waals surface area contributed by atoms with Gasteiger partial charge in [-0.2, -0.15) is 0 Å². The van der Waals surface area contributed by atoms with E-state index in [-0.39, 0.29) is 0 Å². The highest BCUT2D eigenvalue weighted by molar-refractivity contribution is 5.37. The number of methoxy groups -OCH3 is 1. The summed E-state index contributed by atoms with van der Waals surface area (Å²) in [5.41, 5.74) is 1.39. The van der Waals surface area contributed by atoms with Gasteiger partial charge in [0.25, 0.3) is 0 Å². The first-order chi connectivity index (χ1) is 7.85. The van der Waals surface area contributed by atoms with Crippen LogP contribution in [0, 0.1) is 5.92 Å². The van der Waals surface area contributed by atoms with E-state index in [1.807, 2.05) is 13.1 Å². The number of hydrogen-bond donors (Lipinski definition) is 1. The Morgan fingerprint density at radius 1 is 1.31 bits per heavy atom. The Balaban J connectivity index is 1.91. The molecule has 0 unspecified atom stereocenters. The Morgan fingerprint density at radius 3 is 2.75 bits per heavy atom. The lowest BCUT2D eigenvalue weighted by Gasteiger charge is -2.36. The molecule has 1 saturated carbocycles. The minimum absolute atomic E-state index is 0.720. The van der Waals surface area contributed by atoms with Crippen molar-refractivity contribution in [1.82, 2.24) is 5.32 Å². The largest absolute Gasteiger partial charge is 0.496 e. The quantitative estimate of drug-likeness (QED) is 0.822. The van der Waals surface area contributed by atoms with Gasteiger partial charge in [-0.1, -0.05) is 18.2 Å². The van der Waals surface area contributed by atoms with Crippen LogP contribution in [-0.2, 0) is 0 Å². The van der Waals surface area contributed by atoms with E-state index < -0.39 is 0 Å². The lowest BCUT2D eigenvalue weighted by atomic mass is 9.70. The van der Waals surface area contributed by atoms with Crippen LogP contribution in [0.3, 0.4) is 0 Å². The van der Waals surface area contributed by atoms with Gasteiger partial charge in [-0.3, -0.25) is 0 Å². The third kappa shape index (κ3) is 2.38. The zero-order chi connectivity index (χ0) is 11.4. The molecule has 2 rings (SSSR count). The van der Waals surface area contributed by atoms with Gasteiger partial charge in [-0.05, 0) is 56.3 Å². The average Bonchev–Trinajstić information content (AvgIpc) is 2.28. The van der Waals surface area contributed by atoms with Crippen LogP contribution in [0.15, 0.2) is 24.3 Å². The van der Waals surface area contributed by atoms with Crippen molar-refractivity contribution in [2.24, 2.45) is 5.92 Å². The molecule has 16 heavy (non-hydrogen) atoms. The van der Waals surface area contributed by atoms with E-state index in [2.05, 4.69) is 23.5 Å². The Morgan fingerprint density at radius 2 is 2.06 bits per heavy atom. The maximum absolute atomic E-state index is 5.41. The predicted octanol–water partition coefficient (Wildman–Crippen LogP) is 2.80. The molecule has 1 aliphatic carbocycles. The molecule has 0 bridgehead atoms. The van der Waals surface area contributed by atoms with Crippen molar-refractivity contribution in [3.05, 3.63) is 29.8 Å². The molecule has 88 valence electrons. The van der Waals surface area contributed by atoms with E-state index >= 15 is 0 Å². The lowest BCUT2D eigenvalue weighted by Crippen LogP contribution is -2.25. The number of hydrogen-bond acceptors (Lipinski definition) is 2. The van der Waals surface area contributed by atoms with Crippen molar-refractivity contribution in [3.8, 4) is 5.75 Å². The van der Waals surface area contributed by atoms with Gasteiger partial charge in [0.2, 0.25) is 0 Å². The van der Waals surface area contributed by atoms with Crippen molar-refractivity contribution in [2.75, 3.05) is 20.7 Å². The zero-order valence-corrected chi connectivity index (χ0v) is 10.2. The fourth-order valence-electron chi connectivity index (χ4n) is 2.58. The molecule has 0 aromatic heterocycles. The highest BCUT2D eigenvalue weighted by Crippen LogP contribution is 2.45. The molecular weight excluding hydrogens is 198 g/mol. The second-order valence-electron chi connectivity index (χ2n) is 4.67. The van der Waals surface area contributed by atoms with E-state index in [1.165, 1.54) is 24.8 Å². The van der Waals surface area contributed by atoms with Crippen LogP contribution >= 0.6 is 0 Å². The van der Waals surface area contributed by atoms with Crippen molar-refractivity contribution in [2.45, 2.75) is 25.2 Å². The normalized spacial score (nSPS) is 23.9. The first kappa shape index (κ1) is 11.5. The summed E-state index contributed by atoms with van der Waals surface area (Å²) in [6, 6.07) is 8.42. The summed E-state index contributed by atoms with van der Waals surface area (Å²) in [6.45, 7) is 1.14. The Hall–Kier alpha value is -1.02. The number of benzene rings is 1. The van der Waals surface area contributed by atoms with E-state index in [0.717, 1.165) is 24.1 Å². The van der Waals surface area contributed by atoms with Crippen molar-refractivity contribution in [3.63, 3.8) is 0 Å². The van der Waals surface area contributed by atoms with Crippen molar-refractivity contribution in [1.29, 1.82) is 0 Å². The number of nitrogens with one attached hydrogen (secondary N) is 1. The molecule has 0 heterocycles. The van der Waals surface area contributed by atoms with E-state index in [4.69, 9.17) is 4.74 Å². The first-order valence-corrected chi connectivity index (χ1v) is 6.12. The van der Waals surface area contributed by atoms with Gasteiger partial charge in [0.15, 0.2) is 0 Å². The van der Waals surface area contributed by atoms with Crippen LogP contribution in [0.4, 0.5) is 0 Å². The highest BCUT2D eigenvalue weighted by atomic mass is 16.5. The van der Waals surface area contributed by atoms with Crippen molar-refractivity contribution < 1.29 is 4.74 Å². The standard InChI is InChI=1S/C14H21NO/c1-15-8-7-11-9-12(10-11)13-5-3-4-6-14(13)16-2/h3-6,11-12,15H,7-10H2,1-2H3. The fourth-order valence-corrected chi connectivity index (χ4v) is 2.58. The minimum Gasteiger partial charge on any atom is -0.496 e. The molecule has 0 saturated heterocycles. The van der Waals surface area contributed by atoms with Gasteiger partial charge < -0.3 is 10.1 Å². The summed E-state index contributed by atoms with van der Waals surface area (Å²) >= 11 is 0. The maximum Gasteiger partial charge on any atom is 0.122 e. The van der Waals surface area contributed by atoms with Gasteiger partial charge in [0.1, 0.15) is 5.75 Å². The molecule has 1 N–H and O–H groups in total. The molecule has 0 atom stereocenters. The van der Waals surface area contributed by atoms with Gasteiger partial charge in [0, 0.05) is 0 Å². The molecular formula is C14H21NO. The van der Waals surface area contributed by atoms with Gasteiger partial charge >= 0.3 is 0 Å². The van der Waals surface area contributed by atoms with Crippen LogP contribution in [0.2, 0.25) is 0 Å². The first-order valence-electron chi connectivity index (χ1n) is 6.12. The van der Waals surface area contributed by atoms with E-state index in [9.17, 15) is 0 Å². The molecule has 0 spiro atoms. The summed E-state index contributed by atoms with van der Waals surface area (Å²) in [5, 5.41) is 3.22. The number of ether oxygens (including phenoxy) is 1. The van der Waals surface area contributed by atoms with E-state index in [0.29, 0.717) is 0 Å². The second-order valence-corrected chi connectivity index (χ2v) is 4.67. The maximum atomic E-state index is 5.41. The van der Waals surface area contributed by atoms with Crippen LogP contribution < -0.4 is 10.1 Å². The molecule has 1 aliphatic rings. The monoisotopic (exact) mass is 219 g/mol. The molecule has 1 aromatic carbocycles. The average molecular weight is 219 g/mol. The fraction of sp³-hybridized carbons (Fsp3) is 0.571. The summed E-state index contributed by atoms with van der Waals surface area (Å²) in [7, 11) is 3.78. The summed E-state index contributed by atoms with van der Waals surface area (Å²) in [5.74, 6) is 2.68. The van der Waals surface area contributed by atoms with E-state index in [1.54, 1.807) is 7.11 Å². The summed E-state index contributed by atoms with van der Waals surface area (Å²) < 4.78 is 5.41.